The van der Waals surface area contributed by atoms with E-state index in [4.69, 9.17) is 16.3 Å². The van der Waals surface area contributed by atoms with Gasteiger partial charge in [-0.25, -0.2) is 0 Å². The van der Waals surface area contributed by atoms with Crippen LogP contribution >= 0.6 is 11.6 Å². The van der Waals surface area contributed by atoms with Crippen molar-refractivity contribution in [2.75, 3.05) is 27.2 Å². The molecule has 0 aromatic heterocycles. The molecule has 0 spiro atoms. The minimum Gasteiger partial charge on any atom is -0.496 e. The first-order valence-electron chi connectivity index (χ1n) is 6.45. The predicted octanol–water partition coefficient (Wildman–Crippen LogP) is 2.53. The first-order valence-corrected chi connectivity index (χ1v) is 6.82. The van der Waals surface area contributed by atoms with Crippen LogP contribution in [-0.2, 0) is 6.54 Å². The lowest BCUT2D eigenvalue weighted by Crippen LogP contribution is -2.40. The molecule has 18 heavy (non-hydrogen) atoms. The summed E-state index contributed by atoms with van der Waals surface area (Å²) < 4.78 is 5.39. The van der Waals surface area contributed by atoms with Gasteiger partial charge in [0, 0.05) is 23.2 Å². The van der Waals surface area contributed by atoms with Gasteiger partial charge in [0.15, 0.2) is 0 Å². The van der Waals surface area contributed by atoms with Crippen molar-refractivity contribution in [3.8, 4) is 5.75 Å². The van der Waals surface area contributed by atoms with E-state index in [0.29, 0.717) is 6.04 Å². The van der Waals surface area contributed by atoms with E-state index < -0.39 is 0 Å². The Balaban J connectivity index is 1.99. The van der Waals surface area contributed by atoms with Crippen LogP contribution in [0.2, 0.25) is 5.02 Å². The van der Waals surface area contributed by atoms with Crippen molar-refractivity contribution >= 4 is 11.6 Å². The van der Waals surface area contributed by atoms with E-state index in [0.717, 1.165) is 30.4 Å². The number of hydrogen-bond acceptors (Lipinski definition) is 3. The molecule has 0 amide bonds. The summed E-state index contributed by atoms with van der Waals surface area (Å²) in [6.45, 7) is 3.17. The second-order valence-electron chi connectivity index (χ2n) is 4.80. The molecule has 1 N–H and O–H groups in total. The highest BCUT2D eigenvalue weighted by Crippen LogP contribution is 2.25. The lowest BCUT2D eigenvalue weighted by atomic mass is 10.0. The van der Waals surface area contributed by atoms with E-state index in [2.05, 4.69) is 10.2 Å². The largest absolute Gasteiger partial charge is 0.496 e. The van der Waals surface area contributed by atoms with Crippen LogP contribution in [0.25, 0.3) is 0 Å². The number of piperidine rings is 1. The molecular weight excluding hydrogens is 248 g/mol. The Labute approximate surface area is 114 Å². The van der Waals surface area contributed by atoms with Crippen LogP contribution in [0.15, 0.2) is 18.2 Å². The Kier molecular flexibility index (Phi) is 4.87. The van der Waals surface area contributed by atoms with Crippen LogP contribution in [0.5, 0.6) is 5.75 Å². The number of ether oxygens (including phenoxy) is 1. The van der Waals surface area contributed by atoms with Gasteiger partial charge < -0.3 is 10.1 Å². The van der Waals surface area contributed by atoms with Crippen molar-refractivity contribution < 1.29 is 4.74 Å². The number of benzene rings is 1. The Hall–Kier alpha value is -0.770. The van der Waals surface area contributed by atoms with E-state index in [-0.39, 0.29) is 0 Å². The maximum Gasteiger partial charge on any atom is 0.123 e. The summed E-state index contributed by atoms with van der Waals surface area (Å²) in [7, 11) is 3.75. The van der Waals surface area contributed by atoms with Crippen LogP contribution in [-0.4, -0.2) is 38.2 Å². The molecule has 1 fully saturated rings. The highest BCUT2D eigenvalue weighted by atomic mass is 35.5. The van der Waals surface area contributed by atoms with Gasteiger partial charge in [-0.1, -0.05) is 11.6 Å². The number of methoxy groups -OCH3 is 1. The highest BCUT2D eigenvalue weighted by Gasteiger charge is 2.18. The smallest absolute Gasteiger partial charge is 0.123 e. The summed E-state index contributed by atoms with van der Waals surface area (Å²) in [4.78, 5) is 2.46. The Morgan fingerprint density at radius 3 is 2.72 bits per heavy atom. The Morgan fingerprint density at radius 1 is 1.39 bits per heavy atom. The van der Waals surface area contributed by atoms with E-state index in [9.17, 15) is 0 Å². The summed E-state index contributed by atoms with van der Waals surface area (Å²) >= 11 is 6.05. The fraction of sp³-hybridized carbons (Fsp3) is 0.571. The highest BCUT2D eigenvalue weighted by molar-refractivity contribution is 6.30. The van der Waals surface area contributed by atoms with Crippen molar-refractivity contribution in [3.63, 3.8) is 0 Å². The number of rotatable bonds is 4. The normalized spacial score (nSPS) is 17.9. The molecule has 4 heteroatoms. The van der Waals surface area contributed by atoms with Gasteiger partial charge in [0.05, 0.1) is 7.11 Å². The van der Waals surface area contributed by atoms with Gasteiger partial charge in [-0.2, -0.15) is 0 Å². The molecule has 2 rings (SSSR count). The molecule has 1 heterocycles. The summed E-state index contributed by atoms with van der Waals surface area (Å²) in [5.74, 6) is 0.926. The fourth-order valence-corrected chi connectivity index (χ4v) is 2.69. The maximum absolute atomic E-state index is 6.05. The lowest BCUT2D eigenvalue weighted by Gasteiger charge is -2.32. The monoisotopic (exact) mass is 268 g/mol. The summed E-state index contributed by atoms with van der Waals surface area (Å²) in [6, 6.07) is 6.49. The molecule has 0 aliphatic carbocycles. The zero-order valence-electron chi connectivity index (χ0n) is 11.1. The van der Waals surface area contributed by atoms with Crippen LogP contribution in [0, 0.1) is 0 Å². The third-order valence-electron chi connectivity index (χ3n) is 3.63. The van der Waals surface area contributed by atoms with Crippen molar-refractivity contribution in [2.45, 2.75) is 25.4 Å². The summed E-state index contributed by atoms with van der Waals surface area (Å²) in [5, 5.41) is 4.12. The SMILES string of the molecule is CNC1CCN(Cc2cc(Cl)ccc2OC)CC1. The van der Waals surface area contributed by atoms with Crippen LogP contribution < -0.4 is 10.1 Å². The maximum atomic E-state index is 6.05. The molecule has 100 valence electrons. The topological polar surface area (TPSA) is 24.5 Å². The molecule has 1 aromatic carbocycles. The Morgan fingerprint density at radius 2 is 2.11 bits per heavy atom. The number of halogens is 1. The minimum atomic E-state index is 0.669. The first kappa shape index (κ1) is 13.7. The summed E-state index contributed by atoms with van der Waals surface area (Å²) in [6.07, 6.45) is 2.42. The van der Waals surface area contributed by atoms with Crippen molar-refractivity contribution in [1.82, 2.24) is 10.2 Å². The number of likely N-dealkylation sites (tertiary alicyclic amines) is 1. The molecule has 0 atom stereocenters. The van der Waals surface area contributed by atoms with Gasteiger partial charge in [0.1, 0.15) is 5.75 Å². The minimum absolute atomic E-state index is 0.669. The fourth-order valence-electron chi connectivity index (χ4n) is 2.49. The van der Waals surface area contributed by atoms with Crippen molar-refractivity contribution in [2.24, 2.45) is 0 Å². The first-order chi connectivity index (χ1) is 8.72. The number of nitrogens with one attached hydrogen (secondary N) is 1. The van der Waals surface area contributed by atoms with Gasteiger partial charge in [0.2, 0.25) is 0 Å². The molecule has 0 radical (unpaired) electrons. The van der Waals surface area contributed by atoms with Gasteiger partial charge in [-0.3, -0.25) is 4.90 Å². The third kappa shape index (κ3) is 3.37. The van der Waals surface area contributed by atoms with Crippen molar-refractivity contribution in [1.29, 1.82) is 0 Å². The van der Waals surface area contributed by atoms with Crippen LogP contribution in [0.4, 0.5) is 0 Å². The molecule has 1 aromatic rings. The number of nitrogens with zero attached hydrogens (tertiary/aromatic N) is 1. The Bertz CT molecular complexity index is 389. The molecule has 1 aliphatic heterocycles. The standard InChI is InChI=1S/C14H21ClN2O/c1-16-13-5-7-17(8-6-13)10-11-9-12(15)3-4-14(11)18-2/h3-4,9,13,16H,5-8,10H2,1-2H3. The quantitative estimate of drug-likeness (QED) is 0.908. The molecule has 0 unspecified atom stereocenters. The van der Waals surface area contributed by atoms with E-state index >= 15 is 0 Å². The molecule has 1 saturated heterocycles. The van der Waals surface area contributed by atoms with Gasteiger partial charge in [-0.15, -0.1) is 0 Å². The molecule has 0 bridgehead atoms. The zero-order valence-corrected chi connectivity index (χ0v) is 11.8. The molecular formula is C14H21ClN2O. The molecule has 1 aliphatic rings. The molecule has 0 saturated carbocycles. The van der Waals surface area contributed by atoms with E-state index in [1.807, 2.05) is 25.2 Å². The molecule has 3 nitrogen and oxygen atoms in total. The van der Waals surface area contributed by atoms with E-state index in [1.165, 1.54) is 18.4 Å². The van der Waals surface area contributed by atoms with Crippen molar-refractivity contribution in [3.05, 3.63) is 28.8 Å². The predicted molar refractivity (Wildman–Crippen MR) is 75.4 cm³/mol. The third-order valence-corrected chi connectivity index (χ3v) is 3.87. The summed E-state index contributed by atoms with van der Waals surface area (Å²) in [5.41, 5.74) is 1.17. The average molecular weight is 269 g/mol. The van der Waals surface area contributed by atoms with Gasteiger partial charge in [0.25, 0.3) is 0 Å². The van der Waals surface area contributed by atoms with Gasteiger partial charge >= 0.3 is 0 Å². The van der Waals surface area contributed by atoms with Crippen LogP contribution in [0.3, 0.4) is 0 Å². The number of hydrogen-bond donors (Lipinski definition) is 1. The van der Waals surface area contributed by atoms with E-state index in [1.54, 1.807) is 7.11 Å². The second kappa shape index (κ2) is 6.41. The zero-order chi connectivity index (χ0) is 13.0. The second-order valence-corrected chi connectivity index (χ2v) is 5.23. The van der Waals surface area contributed by atoms with Gasteiger partial charge in [-0.05, 0) is 51.2 Å². The average Bonchev–Trinajstić information content (AvgIpc) is 2.40. The van der Waals surface area contributed by atoms with Crippen LogP contribution in [0.1, 0.15) is 18.4 Å². The lowest BCUT2D eigenvalue weighted by molar-refractivity contribution is 0.192.